The predicted octanol–water partition coefficient (Wildman–Crippen LogP) is 8.44. The summed E-state index contributed by atoms with van der Waals surface area (Å²) in [7, 11) is 0. The molecule has 8 nitrogen and oxygen atoms in total. The van der Waals surface area contributed by atoms with Crippen LogP contribution < -0.4 is 26.6 Å². The third kappa shape index (κ3) is 13.3. The van der Waals surface area contributed by atoms with Crippen LogP contribution in [0.3, 0.4) is 0 Å². The monoisotopic (exact) mass is 799 g/mol. The van der Waals surface area contributed by atoms with Gasteiger partial charge < -0.3 is 26.6 Å². The maximum Gasteiger partial charge on any atom is 0.0145 e. The molecule has 0 aromatic rings. The van der Waals surface area contributed by atoms with E-state index in [4.69, 9.17) is 0 Å². The zero-order chi connectivity index (χ0) is 43.1. The highest BCUT2D eigenvalue weighted by Crippen LogP contribution is 2.41. The quantitative estimate of drug-likeness (QED) is 0.143. The van der Waals surface area contributed by atoms with Gasteiger partial charge in [0.15, 0.2) is 0 Å². The molecule has 0 aliphatic carbocycles. The lowest BCUT2D eigenvalue weighted by Crippen LogP contribution is -2.68. The molecule has 5 N–H and O–H groups in total. The molecule has 0 spiro atoms. The highest BCUT2D eigenvalue weighted by molar-refractivity contribution is 5.08. The van der Waals surface area contributed by atoms with Gasteiger partial charge in [0.25, 0.3) is 0 Å². The summed E-state index contributed by atoms with van der Waals surface area (Å²) < 4.78 is 0. The van der Waals surface area contributed by atoms with Crippen molar-refractivity contribution in [2.45, 2.75) is 288 Å². The largest absolute Gasteiger partial charge is 0.307 e. The lowest BCUT2D eigenvalue weighted by Gasteiger charge is -2.56. The van der Waals surface area contributed by atoms with E-state index in [1.807, 2.05) is 0 Å². The Kier molecular flexibility index (Phi) is 13.2. The molecule has 0 unspecified atom stereocenters. The molecule has 5 rings (SSSR count). The van der Waals surface area contributed by atoms with E-state index >= 15 is 0 Å². The molecular formula is C49H98N8. The predicted molar refractivity (Wildman–Crippen MR) is 247 cm³/mol. The van der Waals surface area contributed by atoms with Gasteiger partial charge in [-0.15, -0.1) is 0 Å². The van der Waals surface area contributed by atoms with Gasteiger partial charge in [0, 0.05) is 112 Å². The lowest BCUT2D eigenvalue weighted by molar-refractivity contribution is -0.0256. The van der Waals surface area contributed by atoms with Crippen LogP contribution in [0.4, 0.5) is 0 Å². The Morgan fingerprint density at radius 1 is 0.263 bits per heavy atom. The topological polar surface area (TPSA) is 69.9 Å². The van der Waals surface area contributed by atoms with E-state index in [1.54, 1.807) is 0 Å². The molecule has 0 saturated carbocycles. The summed E-state index contributed by atoms with van der Waals surface area (Å²) in [5.74, 6) is 0. The van der Waals surface area contributed by atoms with Crippen molar-refractivity contribution in [3.05, 3.63) is 0 Å². The van der Waals surface area contributed by atoms with E-state index in [-0.39, 0.29) is 55.4 Å². The first-order valence-corrected chi connectivity index (χ1v) is 23.7. The Morgan fingerprint density at radius 2 is 0.421 bits per heavy atom. The van der Waals surface area contributed by atoms with Crippen LogP contribution in [0.25, 0.3) is 0 Å². The molecule has 5 saturated heterocycles. The number of hydrogen-bond donors (Lipinski definition) is 5. The fraction of sp³-hybridized carbons (Fsp3) is 1.00. The number of rotatable bonds is 11. The summed E-state index contributed by atoms with van der Waals surface area (Å²) in [6, 6.07) is 2.78. The van der Waals surface area contributed by atoms with E-state index < -0.39 is 0 Å². The highest BCUT2D eigenvalue weighted by Gasteiger charge is 2.49. The molecule has 8 heteroatoms. The van der Waals surface area contributed by atoms with Crippen LogP contribution in [0.1, 0.15) is 203 Å². The third-order valence-electron chi connectivity index (χ3n) is 14.5. The molecule has 57 heavy (non-hydrogen) atoms. The summed E-state index contributed by atoms with van der Waals surface area (Å²) >= 11 is 0. The van der Waals surface area contributed by atoms with Crippen LogP contribution in [0, 0.1) is 0 Å². The number of nitrogens with one attached hydrogen (secondary N) is 5. The van der Waals surface area contributed by atoms with Gasteiger partial charge in [-0.3, -0.25) is 14.7 Å². The summed E-state index contributed by atoms with van der Waals surface area (Å²) in [5, 5.41) is 20.2. The standard InChI is InChI=1S/C49H98N8/c1-40(2)25-35(26-41(3,4)50-40)55(21-23-56(36-27-42(5,6)51-43(7,8)28-36)37-29-44(9,10)52-45(11,12)30-37)22-24-57(38-31-46(13,14)53-47(15,16)32-38)39-33-48(17,18)54-49(19,20)34-39/h35-39,50-54H,21-34H2,1-20H3. The molecule has 5 heterocycles. The van der Waals surface area contributed by atoms with E-state index in [2.05, 4.69) is 180 Å². The molecule has 0 amide bonds. The average molecular weight is 799 g/mol. The minimum absolute atomic E-state index is 0.0996. The Balaban J connectivity index is 1.51. The fourth-order valence-corrected chi connectivity index (χ4v) is 14.8. The van der Waals surface area contributed by atoms with Crippen molar-refractivity contribution in [1.29, 1.82) is 0 Å². The third-order valence-corrected chi connectivity index (χ3v) is 14.5. The Labute approximate surface area is 354 Å². The molecule has 0 aromatic heterocycles. The van der Waals surface area contributed by atoms with Crippen LogP contribution in [0.5, 0.6) is 0 Å². The van der Waals surface area contributed by atoms with Crippen molar-refractivity contribution in [2.24, 2.45) is 0 Å². The second-order valence-corrected chi connectivity index (χ2v) is 27.3. The van der Waals surface area contributed by atoms with Crippen molar-refractivity contribution < 1.29 is 0 Å². The Hall–Kier alpha value is -0.320. The van der Waals surface area contributed by atoms with Gasteiger partial charge in [0.2, 0.25) is 0 Å². The number of piperidine rings is 5. The van der Waals surface area contributed by atoms with Gasteiger partial charge in [-0.1, -0.05) is 0 Å². The van der Waals surface area contributed by atoms with E-state index in [1.165, 1.54) is 64.2 Å². The van der Waals surface area contributed by atoms with E-state index in [9.17, 15) is 0 Å². The second-order valence-electron chi connectivity index (χ2n) is 27.3. The molecule has 0 aromatic carbocycles. The normalized spacial score (nSPS) is 31.2. The van der Waals surface area contributed by atoms with Gasteiger partial charge in [-0.25, -0.2) is 0 Å². The van der Waals surface area contributed by atoms with Crippen LogP contribution in [0.2, 0.25) is 0 Å². The van der Waals surface area contributed by atoms with Gasteiger partial charge in [0.05, 0.1) is 0 Å². The van der Waals surface area contributed by atoms with Crippen molar-refractivity contribution in [1.82, 2.24) is 41.3 Å². The van der Waals surface area contributed by atoms with Crippen molar-refractivity contribution >= 4 is 0 Å². The van der Waals surface area contributed by atoms with E-state index in [0.717, 1.165) is 26.2 Å². The van der Waals surface area contributed by atoms with Gasteiger partial charge in [-0.05, 0) is 203 Å². The molecule has 0 atom stereocenters. The van der Waals surface area contributed by atoms with E-state index in [0.29, 0.717) is 30.2 Å². The van der Waals surface area contributed by atoms with Crippen molar-refractivity contribution in [2.75, 3.05) is 26.2 Å². The first kappa shape index (κ1) is 47.7. The molecule has 5 aliphatic heterocycles. The van der Waals surface area contributed by atoms with Gasteiger partial charge in [0.1, 0.15) is 0 Å². The van der Waals surface area contributed by atoms with Crippen LogP contribution in [-0.2, 0) is 0 Å². The Bertz CT molecular complexity index is 1130. The summed E-state index contributed by atoms with van der Waals surface area (Å²) in [6.45, 7) is 53.5. The minimum Gasteiger partial charge on any atom is -0.307 e. The SMILES string of the molecule is CC1(C)CC(N(CCN(C2CC(C)(C)NC(C)(C)C2)C2CC(C)(C)NC(C)(C)C2)CCN(C2CC(C)(C)NC(C)(C)C2)C2CC(C)(C)NC(C)(C)C2)CC(C)(C)N1. The smallest absolute Gasteiger partial charge is 0.0145 e. The molecule has 5 aliphatic rings. The maximum atomic E-state index is 4.05. The van der Waals surface area contributed by atoms with Gasteiger partial charge >= 0.3 is 0 Å². The minimum atomic E-state index is 0.0996. The zero-order valence-electron chi connectivity index (χ0n) is 41.6. The second kappa shape index (κ2) is 15.8. The van der Waals surface area contributed by atoms with Crippen LogP contribution in [0.15, 0.2) is 0 Å². The average Bonchev–Trinajstić information content (AvgIpc) is 2.88. The van der Waals surface area contributed by atoms with Crippen LogP contribution in [-0.4, -0.2) is 126 Å². The van der Waals surface area contributed by atoms with Gasteiger partial charge in [-0.2, -0.15) is 0 Å². The molecule has 5 fully saturated rings. The maximum absolute atomic E-state index is 4.05. The number of hydrogen-bond acceptors (Lipinski definition) is 8. The molecular weight excluding hydrogens is 701 g/mol. The fourth-order valence-electron chi connectivity index (χ4n) is 14.8. The first-order valence-electron chi connectivity index (χ1n) is 23.7. The molecule has 0 radical (unpaired) electrons. The van der Waals surface area contributed by atoms with Crippen LogP contribution >= 0.6 is 0 Å². The summed E-state index contributed by atoms with van der Waals surface area (Å²) in [5.41, 5.74) is 1.08. The summed E-state index contributed by atoms with van der Waals surface area (Å²) in [6.07, 6.45) is 12.0. The Morgan fingerprint density at radius 3 is 0.596 bits per heavy atom. The lowest BCUT2D eigenvalue weighted by atomic mass is 9.75. The highest BCUT2D eigenvalue weighted by atomic mass is 15.3. The summed E-state index contributed by atoms with van der Waals surface area (Å²) in [4.78, 5) is 9.15. The first-order chi connectivity index (χ1) is 25.5. The molecule has 334 valence electrons. The number of nitrogens with zero attached hydrogens (tertiary/aromatic N) is 3. The molecule has 0 bridgehead atoms. The van der Waals surface area contributed by atoms with Crippen molar-refractivity contribution in [3.8, 4) is 0 Å². The zero-order valence-corrected chi connectivity index (χ0v) is 41.6. The van der Waals surface area contributed by atoms with Crippen molar-refractivity contribution in [3.63, 3.8) is 0 Å².